The predicted molar refractivity (Wildman–Crippen MR) is 81.1 cm³/mol. The number of likely N-dealkylation sites (N-methyl/N-ethyl adjacent to an activating group) is 1. The van der Waals surface area contributed by atoms with Gasteiger partial charge in [0, 0.05) is 12.6 Å². The quantitative estimate of drug-likeness (QED) is 0.736. The molecule has 1 aliphatic carbocycles. The van der Waals surface area contributed by atoms with Crippen LogP contribution in [0.15, 0.2) is 24.3 Å². The Morgan fingerprint density at radius 2 is 1.95 bits per heavy atom. The van der Waals surface area contributed by atoms with Crippen LogP contribution in [0.4, 0.5) is 11.4 Å². The zero-order valence-corrected chi connectivity index (χ0v) is 12.2. The number of nitrogens with zero attached hydrogens (tertiary/aromatic N) is 2. The number of carbonyl (C=O) groups is 2. The molecule has 114 valence electrons. The molecule has 21 heavy (non-hydrogen) atoms. The number of aliphatic carboxylic acids is 1. The highest BCUT2D eigenvalue weighted by atomic mass is 16.4. The van der Waals surface area contributed by atoms with Crippen molar-refractivity contribution < 1.29 is 14.7 Å². The van der Waals surface area contributed by atoms with E-state index < -0.39 is 5.97 Å². The fourth-order valence-electron chi connectivity index (χ4n) is 2.44. The standard InChI is InChI=1S/C15H21N3O3/c1-2-18(11-7-8-11)14(19)9-17(10-15(20)21)13-6-4-3-5-12(13)16/h3-6,11H,2,7-10,16H2,1H3,(H,20,21). The molecule has 0 saturated heterocycles. The molecule has 0 aliphatic heterocycles. The molecule has 1 fully saturated rings. The number of hydrogen-bond acceptors (Lipinski definition) is 4. The maximum absolute atomic E-state index is 12.4. The van der Waals surface area contributed by atoms with Gasteiger partial charge in [-0.2, -0.15) is 0 Å². The third-order valence-electron chi connectivity index (χ3n) is 3.58. The van der Waals surface area contributed by atoms with Gasteiger partial charge >= 0.3 is 5.97 Å². The van der Waals surface area contributed by atoms with E-state index in [0.29, 0.717) is 24.0 Å². The molecule has 0 atom stereocenters. The molecular formula is C15H21N3O3. The number of nitrogens with two attached hydrogens (primary N) is 1. The van der Waals surface area contributed by atoms with Crippen molar-refractivity contribution in [1.29, 1.82) is 0 Å². The van der Waals surface area contributed by atoms with Crippen LogP contribution in [0.2, 0.25) is 0 Å². The Balaban J connectivity index is 2.14. The summed E-state index contributed by atoms with van der Waals surface area (Å²) in [7, 11) is 0. The molecule has 1 aromatic carbocycles. The zero-order valence-electron chi connectivity index (χ0n) is 12.2. The minimum absolute atomic E-state index is 0.0326. The number of benzene rings is 1. The highest BCUT2D eigenvalue weighted by Gasteiger charge is 2.32. The summed E-state index contributed by atoms with van der Waals surface area (Å²) in [6.45, 7) is 2.37. The molecule has 1 saturated carbocycles. The summed E-state index contributed by atoms with van der Waals surface area (Å²) in [6, 6.07) is 7.32. The van der Waals surface area contributed by atoms with Crippen molar-refractivity contribution in [2.45, 2.75) is 25.8 Å². The average molecular weight is 291 g/mol. The molecule has 1 aromatic rings. The SMILES string of the molecule is CCN(C(=O)CN(CC(=O)O)c1ccccc1N)C1CC1. The average Bonchev–Trinajstić information content (AvgIpc) is 3.23. The Bertz CT molecular complexity index is 529. The second-order valence-electron chi connectivity index (χ2n) is 5.22. The Labute approximate surface area is 124 Å². The van der Waals surface area contributed by atoms with Gasteiger partial charge in [0.25, 0.3) is 0 Å². The van der Waals surface area contributed by atoms with E-state index >= 15 is 0 Å². The van der Waals surface area contributed by atoms with E-state index in [1.54, 1.807) is 24.3 Å². The number of para-hydroxylation sites is 2. The molecule has 6 heteroatoms. The van der Waals surface area contributed by atoms with Crippen LogP contribution in [0.25, 0.3) is 0 Å². The van der Waals surface area contributed by atoms with E-state index in [9.17, 15) is 9.59 Å². The minimum Gasteiger partial charge on any atom is -0.480 e. The van der Waals surface area contributed by atoms with Crippen molar-refractivity contribution in [3.05, 3.63) is 24.3 Å². The maximum Gasteiger partial charge on any atom is 0.323 e. The third kappa shape index (κ3) is 3.87. The first-order valence-corrected chi connectivity index (χ1v) is 7.13. The van der Waals surface area contributed by atoms with Crippen LogP contribution in [0.3, 0.4) is 0 Å². The molecule has 0 unspecified atom stereocenters. The lowest BCUT2D eigenvalue weighted by molar-refractivity contribution is -0.135. The van der Waals surface area contributed by atoms with Gasteiger partial charge in [0.1, 0.15) is 6.54 Å². The summed E-state index contributed by atoms with van der Waals surface area (Å²) in [5.74, 6) is -1.04. The molecule has 0 heterocycles. The van der Waals surface area contributed by atoms with Crippen LogP contribution in [0, 0.1) is 0 Å². The van der Waals surface area contributed by atoms with Crippen molar-refractivity contribution in [3.8, 4) is 0 Å². The molecule has 0 aromatic heterocycles. The van der Waals surface area contributed by atoms with Crippen LogP contribution >= 0.6 is 0 Å². The van der Waals surface area contributed by atoms with Crippen LogP contribution in [-0.4, -0.2) is 47.6 Å². The van der Waals surface area contributed by atoms with Crippen LogP contribution in [0.5, 0.6) is 0 Å². The Morgan fingerprint density at radius 1 is 1.29 bits per heavy atom. The third-order valence-corrected chi connectivity index (χ3v) is 3.58. The molecular weight excluding hydrogens is 270 g/mol. The maximum atomic E-state index is 12.4. The number of hydrogen-bond donors (Lipinski definition) is 2. The van der Waals surface area contributed by atoms with Gasteiger partial charge in [-0.25, -0.2) is 0 Å². The molecule has 3 N–H and O–H groups in total. The Kier molecular flexibility index (Phi) is 4.67. The molecule has 0 radical (unpaired) electrons. The van der Waals surface area contributed by atoms with Crippen molar-refractivity contribution >= 4 is 23.3 Å². The fraction of sp³-hybridized carbons (Fsp3) is 0.467. The van der Waals surface area contributed by atoms with Gasteiger partial charge in [0.15, 0.2) is 0 Å². The van der Waals surface area contributed by atoms with E-state index in [1.165, 1.54) is 4.90 Å². The number of amides is 1. The van der Waals surface area contributed by atoms with Gasteiger partial charge in [-0.15, -0.1) is 0 Å². The molecule has 0 spiro atoms. The number of rotatable bonds is 7. The van der Waals surface area contributed by atoms with Crippen molar-refractivity contribution in [2.75, 3.05) is 30.3 Å². The van der Waals surface area contributed by atoms with Crippen LogP contribution in [-0.2, 0) is 9.59 Å². The minimum atomic E-state index is -0.986. The first kappa shape index (κ1) is 15.2. The van der Waals surface area contributed by atoms with Crippen molar-refractivity contribution in [1.82, 2.24) is 4.90 Å². The summed E-state index contributed by atoms with van der Waals surface area (Å²) < 4.78 is 0. The highest BCUT2D eigenvalue weighted by Crippen LogP contribution is 2.27. The van der Waals surface area contributed by atoms with Gasteiger partial charge in [-0.05, 0) is 31.9 Å². The lowest BCUT2D eigenvalue weighted by Crippen LogP contribution is -2.43. The lowest BCUT2D eigenvalue weighted by atomic mass is 10.2. The summed E-state index contributed by atoms with van der Waals surface area (Å²) in [6.07, 6.45) is 2.07. The number of nitrogen functional groups attached to an aromatic ring is 1. The summed E-state index contributed by atoms with van der Waals surface area (Å²) in [5.41, 5.74) is 6.95. The van der Waals surface area contributed by atoms with Crippen LogP contribution in [0.1, 0.15) is 19.8 Å². The van der Waals surface area contributed by atoms with Crippen molar-refractivity contribution in [2.24, 2.45) is 0 Å². The van der Waals surface area contributed by atoms with Gasteiger partial charge in [0.05, 0.1) is 17.9 Å². The van der Waals surface area contributed by atoms with Gasteiger partial charge < -0.3 is 20.6 Å². The van der Waals surface area contributed by atoms with E-state index in [2.05, 4.69) is 0 Å². The van der Waals surface area contributed by atoms with E-state index in [4.69, 9.17) is 10.8 Å². The molecule has 0 bridgehead atoms. The van der Waals surface area contributed by atoms with E-state index in [1.807, 2.05) is 11.8 Å². The second-order valence-corrected chi connectivity index (χ2v) is 5.22. The zero-order chi connectivity index (χ0) is 15.4. The topological polar surface area (TPSA) is 86.9 Å². The first-order valence-electron chi connectivity index (χ1n) is 7.13. The van der Waals surface area contributed by atoms with E-state index in [0.717, 1.165) is 12.8 Å². The summed E-state index contributed by atoms with van der Waals surface area (Å²) >= 11 is 0. The van der Waals surface area contributed by atoms with Gasteiger partial charge in [-0.1, -0.05) is 12.1 Å². The number of carboxylic acid groups (broad SMARTS) is 1. The molecule has 2 rings (SSSR count). The molecule has 1 aliphatic rings. The number of carboxylic acids is 1. The van der Waals surface area contributed by atoms with Gasteiger partial charge in [-0.3, -0.25) is 9.59 Å². The second kappa shape index (κ2) is 6.47. The monoisotopic (exact) mass is 291 g/mol. The lowest BCUT2D eigenvalue weighted by Gasteiger charge is -2.28. The number of carbonyl (C=O) groups excluding carboxylic acids is 1. The smallest absolute Gasteiger partial charge is 0.323 e. The first-order chi connectivity index (χ1) is 10.0. The molecule has 1 amide bonds. The Hall–Kier alpha value is -2.24. The van der Waals surface area contributed by atoms with E-state index in [-0.39, 0.29) is 19.0 Å². The van der Waals surface area contributed by atoms with Crippen molar-refractivity contribution in [3.63, 3.8) is 0 Å². The highest BCUT2D eigenvalue weighted by molar-refractivity contribution is 5.86. The predicted octanol–water partition coefficient (Wildman–Crippen LogP) is 1.17. The molecule has 6 nitrogen and oxygen atoms in total. The Morgan fingerprint density at radius 3 is 2.48 bits per heavy atom. The van der Waals surface area contributed by atoms with Crippen LogP contribution < -0.4 is 10.6 Å². The normalized spacial score (nSPS) is 13.8. The van der Waals surface area contributed by atoms with Gasteiger partial charge in [0.2, 0.25) is 5.91 Å². The fourth-order valence-corrected chi connectivity index (χ4v) is 2.44. The largest absolute Gasteiger partial charge is 0.480 e. The number of anilines is 2. The summed E-state index contributed by atoms with van der Waals surface area (Å²) in [5, 5.41) is 9.06. The summed E-state index contributed by atoms with van der Waals surface area (Å²) in [4.78, 5) is 26.8.